The van der Waals surface area contributed by atoms with Crippen LogP contribution < -0.4 is 4.90 Å². The van der Waals surface area contributed by atoms with E-state index >= 15 is 0 Å². The molecular weight excluding hydrogens is 269 g/mol. The third kappa shape index (κ3) is 2.81. The molecule has 1 N–H and O–H groups in total. The highest BCUT2D eigenvalue weighted by molar-refractivity contribution is 5.96. The van der Waals surface area contributed by atoms with Crippen LogP contribution in [0.1, 0.15) is 6.42 Å². The van der Waals surface area contributed by atoms with E-state index in [4.69, 9.17) is 5.11 Å². The van der Waals surface area contributed by atoms with E-state index in [1.54, 1.807) is 17.0 Å². The smallest absolute Gasteiger partial charge is 0.227 e. The van der Waals surface area contributed by atoms with E-state index in [-0.39, 0.29) is 24.2 Å². The number of aliphatic hydroxyl groups excluding tert-OH is 1. The fourth-order valence-corrected chi connectivity index (χ4v) is 2.63. The number of amides is 1. The van der Waals surface area contributed by atoms with Gasteiger partial charge in [0.05, 0.1) is 0 Å². The number of carbonyl (C=O) groups is 1. The van der Waals surface area contributed by atoms with E-state index < -0.39 is 0 Å². The van der Waals surface area contributed by atoms with Crippen molar-refractivity contribution in [2.45, 2.75) is 6.42 Å². The summed E-state index contributed by atoms with van der Waals surface area (Å²) in [5.74, 6) is -0.189. The van der Waals surface area contributed by atoms with Crippen molar-refractivity contribution in [1.82, 2.24) is 0 Å². The fraction of sp³-hybridized carbons (Fsp3) is 0.235. The molecule has 1 amide bonds. The van der Waals surface area contributed by atoms with Crippen LogP contribution in [0.5, 0.6) is 0 Å². The lowest BCUT2D eigenvalue weighted by Gasteiger charge is -2.17. The van der Waals surface area contributed by atoms with Gasteiger partial charge in [0.15, 0.2) is 0 Å². The molecule has 108 valence electrons. The molecule has 0 spiro atoms. The maximum Gasteiger partial charge on any atom is 0.227 e. The lowest BCUT2D eigenvalue weighted by atomic mass is 10.1. The first kappa shape index (κ1) is 13.8. The Morgan fingerprint density at radius 1 is 1.05 bits per heavy atom. The highest BCUT2D eigenvalue weighted by Gasteiger charge is 2.29. The predicted molar refractivity (Wildman–Crippen MR) is 79.4 cm³/mol. The van der Waals surface area contributed by atoms with Gasteiger partial charge in [-0.25, -0.2) is 4.39 Å². The molecule has 2 aromatic rings. The third-order valence-electron chi connectivity index (χ3n) is 3.82. The maximum atomic E-state index is 12.9. The molecule has 0 aliphatic carbocycles. The lowest BCUT2D eigenvalue weighted by Crippen LogP contribution is -2.24. The molecule has 3 nitrogen and oxygen atoms in total. The summed E-state index contributed by atoms with van der Waals surface area (Å²) in [6, 6.07) is 13.9. The SMILES string of the molecule is O=C1CC(CO)CN1c1ccc(-c2ccc(F)cc2)cc1. The van der Waals surface area contributed by atoms with Crippen LogP contribution in [-0.4, -0.2) is 24.2 Å². The Morgan fingerprint density at radius 2 is 1.62 bits per heavy atom. The van der Waals surface area contributed by atoms with Crippen molar-refractivity contribution in [1.29, 1.82) is 0 Å². The Bertz CT molecular complexity index is 637. The number of nitrogens with zero attached hydrogens (tertiary/aromatic N) is 1. The molecule has 0 bridgehead atoms. The zero-order valence-corrected chi connectivity index (χ0v) is 11.5. The van der Waals surface area contributed by atoms with Crippen LogP contribution in [0.15, 0.2) is 48.5 Å². The summed E-state index contributed by atoms with van der Waals surface area (Å²) in [5.41, 5.74) is 2.75. The summed E-state index contributed by atoms with van der Waals surface area (Å²) < 4.78 is 12.9. The second kappa shape index (κ2) is 5.66. The minimum Gasteiger partial charge on any atom is -0.396 e. The van der Waals surface area contributed by atoms with E-state index in [9.17, 15) is 9.18 Å². The summed E-state index contributed by atoms with van der Waals surface area (Å²) >= 11 is 0. The van der Waals surface area contributed by atoms with E-state index in [0.29, 0.717) is 13.0 Å². The van der Waals surface area contributed by atoms with Crippen LogP contribution in [0.25, 0.3) is 11.1 Å². The third-order valence-corrected chi connectivity index (χ3v) is 3.82. The zero-order chi connectivity index (χ0) is 14.8. The van der Waals surface area contributed by atoms with Gasteiger partial charge in [0.2, 0.25) is 5.91 Å². The van der Waals surface area contributed by atoms with Gasteiger partial charge >= 0.3 is 0 Å². The van der Waals surface area contributed by atoms with Crippen molar-refractivity contribution >= 4 is 11.6 Å². The molecule has 0 saturated carbocycles. The van der Waals surface area contributed by atoms with Crippen molar-refractivity contribution in [2.75, 3.05) is 18.1 Å². The van der Waals surface area contributed by atoms with Gasteiger partial charge in [0, 0.05) is 31.2 Å². The Morgan fingerprint density at radius 3 is 2.14 bits per heavy atom. The molecule has 0 radical (unpaired) electrons. The molecule has 21 heavy (non-hydrogen) atoms. The largest absolute Gasteiger partial charge is 0.396 e. The second-order valence-electron chi connectivity index (χ2n) is 5.31. The molecule has 1 fully saturated rings. The highest BCUT2D eigenvalue weighted by atomic mass is 19.1. The number of hydrogen-bond donors (Lipinski definition) is 1. The van der Waals surface area contributed by atoms with Crippen LogP contribution in [0, 0.1) is 11.7 Å². The molecule has 1 saturated heterocycles. The molecule has 1 aliphatic rings. The first-order chi connectivity index (χ1) is 10.2. The van der Waals surface area contributed by atoms with Crippen molar-refractivity contribution in [3.05, 3.63) is 54.3 Å². The van der Waals surface area contributed by atoms with Crippen molar-refractivity contribution < 1.29 is 14.3 Å². The average molecular weight is 285 g/mol. The monoisotopic (exact) mass is 285 g/mol. The predicted octanol–water partition coefficient (Wildman–Crippen LogP) is 2.84. The van der Waals surface area contributed by atoms with Crippen LogP contribution in [0.3, 0.4) is 0 Å². The standard InChI is InChI=1S/C17H16FNO2/c18-15-5-1-13(2-6-15)14-3-7-16(8-4-14)19-10-12(11-20)9-17(19)21/h1-8,12,20H,9-11H2. The van der Waals surface area contributed by atoms with E-state index in [2.05, 4.69) is 0 Å². The van der Waals surface area contributed by atoms with Gasteiger partial charge in [-0.05, 0) is 35.4 Å². The highest BCUT2D eigenvalue weighted by Crippen LogP contribution is 2.27. The van der Waals surface area contributed by atoms with Crippen LogP contribution in [0.4, 0.5) is 10.1 Å². The van der Waals surface area contributed by atoms with Crippen molar-refractivity contribution in [3.63, 3.8) is 0 Å². The minimum absolute atomic E-state index is 0.0225. The summed E-state index contributed by atoms with van der Waals surface area (Å²) in [6.07, 6.45) is 0.399. The Labute approximate surface area is 122 Å². The average Bonchev–Trinajstić information content (AvgIpc) is 2.89. The quantitative estimate of drug-likeness (QED) is 0.942. The molecule has 0 aromatic heterocycles. The van der Waals surface area contributed by atoms with E-state index in [1.165, 1.54) is 12.1 Å². The lowest BCUT2D eigenvalue weighted by molar-refractivity contribution is -0.117. The Balaban J connectivity index is 1.81. The first-order valence-electron chi connectivity index (χ1n) is 6.94. The Kier molecular flexibility index (Phi) is 3.71. The minimum atomic E-state index is -0.256. The van der Waals surface area contributed by atoms with Gasteiger partial charge in [-0.1, -0.05) is 24.3 Å². The number of aliphatic hydroxyl groups is 1. The topological polar surface area (TPSA) is 40.5 Å². The number of hydrogen-bond acceptors (Lipinski definition) is 2. The normalized spacial score (nSPS) is 18.3. The summed E-state index contributed by atoms with van der Waals surface area (Å²) in [6.45, 7) is 0.598. The molecule has 1 unspecified atom stereocenters. The molecule has 3 rings (SSSR count). The van der Waals surface area contributed by atoms with Gasteiger partial charge in [0.25, 0.3) is 0 Å². The molecule has 2 aromatic carbocycles. The van der Waals surface area contributed by atoms with Crippen LogP contribution in [-0.2, 0) is 4.79 Å². The van der Waals surface area contributed by atoms with Crippen LogP contribution >= 0.6 is 0 Å². The molecule has 4 heteroatoms. The van der Waals surface area contributed by atoms with Gasteiger partial charge in [-0.15, -0.1) is 0 Å². The second-order valence-corrected chi connectivity index (χ2v) is 5.31. The molecule has 1 atom stereocenters. The first-order valence-corrected chi connectivity index (χ1v) is 6.94. The van der Waals surface area contributed by atoms with Gasteiger partial charge in [0.1, 0.15) is 5.82 Å². The number of rotatable bonds is 3. The zero-order valence-electron chi connectivity index (χ0n) is 11.5. The summed E-state index contributed by atoms with van der Waals surface area (Å²) in [5, 5.41) is 9.15. The summed E-state index contributed by atoms with van der Waals surface area (Å²) in [4.78, 5) is 13.6. The molecule has 1 heterocycles. The van der Waals surface area contributed by atoms with Gasteiger partial charge < -0.3 is 10.0 Å². The summed E-state index contributed by atoms with van der Waals surface area (Å²) in [7, 11) is 0. The number of benzene rings is 2. The number of halogens is 1. The van der Waals surface area contributed by atoms with E-state index in [1.807, 2.05) is 24.3 Å². The maximum absolute atomic E-state index is 12.9. The van der Waals surface area contributed by atoms with E-state index in [0.717, 1.165) is 16.8 Å². The van der Waals surface area contributed by atoms with Crippen molar-refractivity contribution in [2.24, 2.45) is 5.92 Å². The number of carbonyl (C=O) groups excluding carboxylic acids is 1. The Hall–Kier alpha value is -2.20. The van der Waals surface area contributed by atoms with Crippen molar-refractivity contribution in [3.8, 4) is 11.1 Å². The van der Waals surface area contributed by atoms with Gasteiger partial charge in [-0.3, -0.25) is 4.79 Å². The molecule has 1 aliphatic heterocycles. The fourth-order valence-electron chi connectivity index (χ4n) is 2.63. The van der Waals surface area contributed by atoms with Gasteiger partial charge in [-0.2, -0.15) is 0 Å². The number of anilines is 1. The van der Waals surface area contributed by atoms with Crippen LogP contribution in [0.2, 0.25) is 0 Å². The molecular formula is C17H16FNO2.